The second-order valence-electron chi connectivity index (χ2n) is 5.03. The average molecular weight is 275 g/mol. The molecule has 0 radical (unpaired) electrons. The second kappa shape index (κ2) is 7.48. The van der Waals surface area contributed by atoms with Gasteiger partial charge in [-0.2, -0.15) is 0 Å². The van der Waals surface area contributed by atoms with E-state index in [-0.39, 0.29) is 5.91 Å². The van der Waals surface area contributed by atoms with Crippen molar-refractivity contribution in [3.8, 4) is 0 Å². The van der Waals surface area contributed by atoms with Gasteiger partial charge in [-0.25, -0.2) is 4.79 Å². The molecule has 1 amide bonds. The molecule has 4 heteroatoms. The minimum absolute atomic E-state index is 0.00923. The Morgan fingerprint density at radius 3 is 2.30 bits per heavy atom. The van der Waals surface area contributed by atoms with Crippen LogP contribution >= 0.6 is 0 Å². The van der Waals surface area contributed by atoms with Gasteiger partial charge in [0.25, 0.3) is 5.91 Å². The topological polar surface area (TPSA) is 57.6 Å². The Kier molecular flexibility index (Phi) is 5.97. The molecule has 0 aliphatic heterocycles. The summed E-state index contributed by atoms with van der Waals surface area (Å²) in [5.41, 5.74) is 1.39. The lowest BCUT2D eigenvalue weighted by molar-refractivity contribution is -0.131. The van der Waals surface area contributed by atoms with Crippen molar-refractivity contribution in [2.75, 3.05) is 13.1 Å². The van der Waals surface area contributed by atoms with E-state index in [1.807, 2.05) is 11.8 Å². The van der Waals surface area contributed by atoms with Crippen molar-refractivity contribution in [2.45, 2.75) is 20.8 Å². The number of rotatable bonds is 6. The van der Waals surface area contributed by atoms with Crippen molar-refractivity contribution >= 4 is 18.0 Å². The van der Waals surface area contributed by atoms with E-state index >= 15 is 0 Å². The van der Waals surface area contributed by atoms with Crippen molar-refractivity contribution in [2.24, 2.45) is 5.92 Å². The fourth-order valence-electron chi connectivity index (χ4n) is 1.88. The number of carboxylic acids is 1. The fraction of sp³-hybridized carbons (Fsp3) is 0.375. The molecule has 0 saturated heterocycles. The van der Waals surface area contributed by atoms with Gasteiger partial charge in [0, 0.05) is 24.7 Å². The first kappa shape index (κ1) is 16.0. The lowest BCUT2D eigenvalue weighted by Gasteiger charge is -2.23. The Morgan fingerprint density at radius 1 is 1.25 bits per heavy atom. The van der Waals surface area contributed by atoms with Crippen LogP contribution in [-0.4, -0.2) is 35.0 Å². The third-order valence-electron chi connectivity index (χ3n) is 2.83. The van der Waals surface area contributed by atoms with E-state index in [0.717, 1.165) is 18.2 Å². The van der Waals surface area contributed by atoms with E-state index in [0.29, 0.717) is 18.0 Å². The maximum Gasteiger partial charge on any atom is 0.328 e. The lowest BCUT2D eigenvalue weighted by atomic mass is 10.1. The predicted octanol–water partition coefficient (Wildman–Crippen LogP) is 2.90. The van der Waals surface area contributed by atoms with Crippen LogP contribution in [0.2, 0.25) is 0 Å². The molecule has 0 atom stereocenters. The van der Waals surface area contributed by atoms with E-state index in [2.05, 4.69) is 13.8 Å². The van der Waals surface area contributed by atoms with Gasteiger partial charge in [0.2, 0.25) is 0 Å². The van der Waals surface area contributed by atoms with Crippen LogP contribution in [0.4, 0.5) is 0 Å². The van der Waals surface area contributed by atoms with Crippen LogP contribution < -0.4 is 0 Å². The molecule has 0 aromatic heterocycles. The zero-order valence-electron chi connectivity index (χ0n) is 12.2. The largest absolute Gasteiger partial charge is 0.478 e. The van der Waals surface area contributed by atoms with Gasteiger partial charge in [-0.3, -0.25) is 4.79 Å². The van der Waals surface area contributed by atoms with Gasteiger partial charge in [-0.05, 0) is 36.6 Å². The molecule has 0 heterocycles. The van der Waals surface area contributed by atoms with E-state index in [1.165, 1.54) is 6.08 Å². The standard InChI is InChI=1S/C16H21NO3/c1-4-17(11-12(2)3)16(20)14-8-5-13(6-9-14)7-10-15(18)19/h5-10,12H,4,11H2,1-3H3,(H,18,19). The lowest BCUT2D eigenvalue weighted by Crippen LogP contribution is -2.33. The summed E-state index contributed by atoms with van der Waals surface area (Å²) >= 11 is 0. The van der Waals surface area contributed by atoms with Crippen molar-refractivity contribution in [3.05, 3.63) is 41.5 Å². The monoisotopic (exact) mass is 275 g/mol. The highest BCUT2D eigenvalue weighted by atomic mass is 16.4. The first-order chi connectivity index (χ1) is 9.43. The van der Waals surface area contributed by atoms with Crippen molar-refractivity contribution in [1.29, 1.82) is 0 Å². The highest BCUT2D eigenvalue weighted by molar-refractivity contribution is 5.94. The van der Waals surface area contributed by atoms with E-state index in [4.69, 9.17) is 5.11 Å². The van der Waals surface area contributed by atoms with Gasteiger partial charge in [0.1, 0.15) is 0 Å². The van der Waals surface area contributed by atoms with Crippen LogP contribution in [0.5, 0.6) is 0 Å². The molecule has 0 unspecified atom stereocenters. The summed E-state index contributed by atoms with van der Waals surface area (Å²) in [5, 5.41) is 8.56. The van der Waals surface area contributed by atoms with E-state index < -0.39 is 5.97 Å². The van der Waals surface area contributed by atoms with E-state index in [1.54, 1.807) is 24.3 Å². The summed E-state index contributed by atoms with van der Waals surface area (Å²) in [4.78, 5) is 24.5. The Morgan fingerprint density at radius 2 is 1.85 bits per heavy atom. The highest BCUT2D eigenvalue weighted by Gasteiger charge is 2.14. The molecule has 1 rings (SSSR count). The van der Waals surface area contributed by atoms with Gasteiger partial charge < -0.3 is 10.0 Å². The van der Waals surface area contributed by atoms with E-state index in [9.17, 15) is 9.59 Å². The molecule has 0 aliphatic rings. The van der Waals surface area contributed by atoms with Gasteiger partial charge in [0.15, 0.2) is 0 Å². The average Bonchev–Trinajstić information content (AvgIpc) is 2.42. The van der Waals surface area contributed by atoms with Crippen molar-refractivity contribution in [1.82, 2.24) is 4.90 Å². The van der Waals surface area contributed by atoms with Crippen LogP contribution in [0, 0.1) is 5.92 Å². The molecular formula is C16H21NO3. The zero-order chi connectivity index (χ0) is 15.1. The van der Waals surface area contributed by atoms with Crippen LogP contribution in [0.1, 0.15) is 36.7 Å². The molecule has 0 fully saturated rings. The smallest absolute Gasteiger partial charge is 0.328 e. The number of carboxylic acid groups (broad SMARTS) is 1. The maximum atomic E-state index is 12.3. The number of nitrogens with zero attached hydrogens (tertiary/aromatic N) is 1. The summed E-state index contributed by atoms with van der Waals surface area (Å²) in [7, 11) is 0. The Hall–Kier alpha value is -2.10. The number of benzene rings is 1. The van der Waals surface area contributed by atoms with Crippen LogP contribution in [0.15, 0.2) is 30.3 Å². The highest BCUT2D eigenvalue weighted by Crippen LogP contribution is 2.10. The quantitative estimate of drug-likeness (QED) is 0.812. The van der Waals surface area contributed by atoms with Gasteiger partial charge in [0.05, 0.1) is 0 Å². The minimum atomic E-state index is -0.987. The molecule has 20 heavy (non-hydrogen) atoms. The van der Waals surface area contributed by atoms with Crippen molar-refractivity contribution < 1.29 is 14.7 Å². The molecule has 1 aromatic carbocycles. The molecule has 1 aromatic rings. The summed E-state index contributed by atoms with van der Waals surface area (Å²) in [6, 6.07) is 6.95. The minimum Gasteiger partial charge on any atom is -0.478 e. The summed E-state index contributed by atoms with van der Waals surface area (Å²) in [5.74, 6) is -0.550. The van der Waals surface area contributed by atoms with Crippen LogP contribution in [-0.2, 0) is 4.79 Å². The Labute approximate surface area is 119 Å². The first-order valence-electron chi connectivity index (χ1n) is 6.74. The zero-order valence-corrected chi connectivity index (χ0v) is 12.2. The summed E-state index contributed by atoms with van der Waals surface area (Å²) in [6.45, 7) is 7.53. The number of amides is 1. The van der Waals surface area contributed by atoms with Crippen LogP contribution in [0.25, 0.3) is 6.08 Å². The predicted molar refractivity (Wildman–Crippen MR) is 79.5 cm³/mol. The molecule has 0 aliphatic carbocycles. The number of carbonyl (C=O) groups is 2. The molecule has 0 spiro atoms. The molecule has 0 bridgehead atoms. The van der Waals surface area contributed by atoms with Gasteiger partial charge >= 0.3 is 5.97 Å². The fourth-order valence-corrected chi connectivity index (χ4v) is 1.88. The normalized spacial score (nSPS) is 11.0. The van der Waals surface area contributed by atoms with Gasteiger partial charge in [-0.1, -0.05) is 26.0 Å². The number of hydrogen-bond acceptors (Lipinski definition) is 2. The third-order valence-corrected chi connectivity index (χ3v) is 2.83. The molecule has 4 nitrogen and oxygen atoms in total. The Bertz CT molecular complexity index is 489. The number of aliphatic carboxylic acids is 1. The van der Waals surface area contributed by atoms with Crippen molar-refractivity contribution in [3.63, 3.8) is 0 Å². The second-order valence-corrected chi connectivity index (χ2v) is 5.03. The van der Waals surface area contributed by atoms with Gasteiger partial charge in [-0.15, -0.1) is 0 Å². The third kappa shape index (κ3) is 4.88. The molecule has 108 valence electrons. The summed E-state index contributed by atoms with van der Waals surface area (Å²) < 4.78 is 0. The SMILES string of the molecule is CCN(CC(C)C)C(=O)c1ccc(C=CC(=O)O)cc1. The van der Waals surface area contributed by atoms with Crippen LogP contribution in [0.3, 0.4) is 0 Å². The molecule has 0 saturated carbocycles. The summed E-state index contributed by atoms with van der Waals surface area (Å²) in [6.07, 6.45) is 2.58. The first-order valence-corrected chi connectivity index (χ1v) is 6.74. The molecular weight excluding hydrogens is 254 g/mol. The molecule has 1 N–H and O–H groups in total. The maximum absolute atomic E-state index is 12.3. The Balaban J connectivity index is 2.81. The number of carbonyl (C=O) groups excluding carboxylic acids is 1. The number of hydrogen-bond donors (Lipinski definition) is 1.